The van der Waals surface area contributed by atoms with Crippen LogP contribution >= 0.6 is 0 Å². The molecule has 1 aromatic heterocycles. The van der Waals surface area contributed by atoms with Crippen LogP contribution in [0.5, 0.6) is 0 Å². The number of allylic oxidation sites excluding steroid dienone is 1. The highest BCUT2D eigenvalue weighted by atomic mass is 28.2. The van der Waals surface area contributed by atoms with Crippen LogP contribution in [0.1, 0.15) is 25.0 Å². The molecule has 0 atom stereocenters. The van der Waals surface area contributed by atoms with Crippen molar-refractivity contribution in [3.8, 4) is 0 Å². The van der Waals surface area contributed by atoms with Crippen LogP contribution in [-0.4, -0.2) is 25.8 Å². The zero-order chi connectivity index (χ0) is 29.0. The average molecular weight is 561 g/mol. The van der Waals surface area contributed by atoms with E-state index in [2.05, 4.69) is 187 Å². The lowest BCUT2D eigenvalue weighted by Gasteiger charge is -2.36. The summed E-state index contributed by atoms with van der Waals surface area (Å²) in [6.07, 6.45) is 5.91. The fourth-order valence-electron chi connectivity index (χ4n) is 5.58. The van der Waals surface area contributed by atoms with Crippen molar-refractivity contribution in [1.29, 1.82) is 0 Å². The second-order valence-electron chi connectivity index (χ2n) is 10.7. The Balaban J connectivity index is 0.000000171. The van der Waals surface area contributed by atoms with Crippen molar-refractivity contribution < 1.29 is 0 Å². The zero-order valence-corrected chi connectivity index (χ0v) is 25.8. The van der Waals surface area contributed by atoms with E-state index in [0.29, 0.717) is 6.71 Å². The van der Waals surface area contributed by atoms with Crippen LogP contribution < -0.4 is 16.4 Å². The zero-order valence-electron chi connectivity index (χ0n) is 24.4. The van der Waals surface area contributed by atoms with E-state index in [0.717, 1.165) is 0 Å². The van der Waals surface area contributed by atoms with Crippen molar-refractivity contribution in [2.75, 3.05) is 0 Å². The molecule has 0 aliphatic rings. The maximum atomic E-state index is 4.33. The quantitative estimate of drug-likeness (QED) is 0.211. The highest BCUT2D eigenvalue weighted by Gasteiger charge is 2.35. The molecule has 0 aliphatic heterocycles. The predicted molar refractivity (Wildman–Crippen MR) is 183 cm³/mol. The Kier molecular flexibility index (Phi) is 9.82. The lowest BCUT2D eigenvalue weighted by Crippen LogP contribution is -2.51. The molecule has 0 saturated heterocycles. The van der Waals surface area contributed by atoms with Crippen molar-refractivity contribution in [1.82, 2.24) is 9.55 Å². The minimum absolute atomic E-state index is 0.143. The van der Waals surface area contributed by atoms with Crippen molar-refractivity contribution in [2.45, 2.75) is 19.0 Å². The summed E-state index contributed by atoms with van der Waals surface area (Å²) in [5.41, 5.74) is 10.5. The van der Waals surface area contributed by atoms with Gasteiger partial charge in [-0.1, -0.05) is 179 Å². The van der Waals surface area contributed by atoms with E-state index in [4.69, 9.17) is 0 Å². The van der Waals surface area contributed by atoms with E-state index < -0.39 is 9.52 Å². The van der Waals surface area contributed by atoms with Crippen molar-refractivity contribution in [2.24, 2.45) is 0 Å². The third kappa shape index (κ3) is 6.79. The fourth-order valence-corrected chi connectivity index (χ4v) is 7.63. The number of imidazole rings is 1. The molecule has 206 valence electrons. The van der Waals surface area contributed by atoms with Gasteiger partial charge in [0, 0.05) is 12.4 Å². The van der Waals surface area contributed by atoms with Gasteiger partial charge in [0.1, 0.15) is 0 Å². The monoisotopic (exact) mass is 560 g/mol. The Labute approximate surface area is 253 Å². The smallest absolute Gasteiger partial charge is 0.241 e. The number of aromatic nitrogens is 2. The largest absolute Gasteiger partial charge is 0.326 e. The van der Waals surface area contributed by atoms with Gasteiger partial charge in [-0.3, -0.25) is 0 Å². The van der Waals surface area contributed by atoms with Crippen molar-refractivity contribution >= 4 is 32.6 Å². The lowest BCUT2D eigenvalue weighted by molar-refractivity contribution is 0.596. The number of rotatable bonds is 8. The maximum Gasteiger partial charge on any atom is 0.241 e. The van der Waals surface area contributed by atoms with E-state index in [1.54, 1.807) is 0 Å². The van der Waals surface area contributed by atoms with Gasteiger partial charge in [0.2, 0.25) is 6.71 Å². The normalized spacial score (nSPS) is 11.0. The molecular formula is C38H37BN2Si. The van der Waals surface area contributed by atoms with Gasteiger partial charge >= 0.3 is 0 Å². The Hall–Kier alpha value is -4.67. The number of nitrogens with zero attached hydrogens (tertiary/aromatic N) is 2. The topological polar surface area (TPSA) is 17.8 Å². The molecule has 0 radical (unpaired) electrons. The summed E-state index contributed by atoms with van der Waals surface area (Å²) in [7, 11) is -0.634. The van der Waals surface area contributed by atoms with Gasteiger partial charge in [0.05, 0.1) is 21.0 Å². The van der Waals surface area contributed by atoms with Gasteiger partial charge in [-0.15, -0.1) is 0 Å². The van der Waals surface area contributed by atoms with E-state index >= 15 is 0 Å². The number of hydrogen-bond donors (Lipinski definition) is 0. The first-order valence-electron chi connectivity index (χ1n) is 14.6. The van der Waals surface area contributed by atoms with E-state index in [1.807, 2.05) is 12.5 Å². The molecular weight excluding hydrogens is 523 g/mol. The Morgan fingerprint density at radius 2 is 0.976 bits per heavy atom. The molecule has 0 aliphatic carbocycles. The minimum Gasteiger partial charge on any atom is -0.326 e. The summed E-state index contributed by atoms with van der Waals surface area (Å²) < 4.78 is 2.28. The summed E-state index contributed by atoms with van der Waals surface area (Å²) in [6.45, 7) is 4.67. The minimum atomic E-state index is -0.634. The SMILES string of the molecule is CC(C)=C[SiH2]C(c1ccccc1)(c1ccccc1)n1ccnc1.c1ccc(B(c2ccccc2)c2ccccc2)cc1. The van der Waals surface area contributed by atoms with E-state index in [9.17, 15) is 0 Å². The molecule has 2 nitrogen and oxygen atoms in total. The summed E-state index contributed by atoms with van der Waals surface area (Å²) in [5, 5.41) is -0.143. The van der Waals surface area contributed by atoms with Crippen LogP contribution in [0.15, 0.2) is 182 Å². The molecule has 4 heteroatoms. The molecule has 0 fully saturated rings. The van der Waals surface area contributed by atoms with Crippen LogP contribution in [0.3, 0.4) is 0 Å². The van der Waals surface area contributed by atoms with Crippen molar-refractivity contribution in [3.05, 3.63) is 193 Å². The Morgan fingerprint density at radius 3 is 1.31 bits per heavy atom. The standard InChI is InChI=1S/C20H22N2Si.C18H15B/c1-17(2)15-23-20(22-14-13-21-16-22,18-9-5-3-6-10-18)19-11-7-4-8-12-19;1-4-10-16(11-5-1)19(17-12-6-2-7-13-17)18-14-8-3-9-15-18/h3-16H,23H2,1-2H3;1-15H. The average Bonchev–Trinajstić information content (AvgIpc) is 3.60. The third-order valence-electron chi connectivity index (χ3n) is 7.65. The highest BCUT2D eigenvalue weighted by molar-refractivity contribution is 6.95. The first-order chi connectivity index (χ1) is 20.7. The molecule has 6 aromatic rings. The number of hydrogen-bond acceptors (Lipinski definition) is 1. The maximum absolute atomic E-state index is 4.33. The van der Waals surface area contributed by atoms with Crippen LogP contribution in [0.4, 0.5) is 0 Å². The van der Waals surface area contributed by atoms with E-state index in [-0.39, 0.29) is 5.16 Å². The predicted octanol–water partition coefficient (Wildman–Crippen LogP) is 5.93. The summed E-state index contributed by atoms with van der Waals surface area (Å²) in [4.78, 5) is 4.33. The molecule has 0 N–H and O–H groups in total. The van der Waals surface area contributed by atoms with Gasteiger partial charge in [0.25, 0.3) is 0 Å². The van der Waals surface area contributed by atoms with Crippen LogP contribution in [-0.2, 0) is 5.16 Å². The molecule has 0 unspecified atom stereocenters. The first-order valence-corrected chi connectivity index (χ1v) is 16.1. The van der Waals surface area contributed by atoms with Gasteiger partial charge in [-0.2, -0.15) is 0 Å². The van der Waals surface area contributed by atoms with Crippen molar-refractivity contribution in [3.63, 3.8) is 0 Å². The molecule has 6 rings (SSSR count). The summed E-state index contributed by atoms with van der Waals surface area (Å²) in [6, 6.07) is 53.6. The van der Waals surface area contributed by atoms with Crippen LogP contribution in [0, 0.1) is 0 Å². The van der Waals surface area contributed by atoms with Gasteiger partial charge in [0.15, 0.2) is 0 Å². The van der Waals surface area contributed by atoms with Gasteiger partial charge in [-0.05, 0) is 25.0 Å². The fraction of sp³-hybridized carbons (Fsp3) is 0.0789. The van der Waals surface area contributed by atoms with Crippen LogP contribution in [0.25, 0.3) is 0 Å². The molecule has 42 heavy (non-hydrogen) atoms. The van der Waals surface area contributed by atoms with E-state index in [1.165, 1.54) is 33.1 Å². The molecule has 0 bridgehead atoms. The molecule has 0 spiro atoms. The number of benzene rings is 5. The molecule has 1 heterocycles. The Morgan fingerprint density at radius 1 is 0.595 bits per heavy atom. The third-order valence-corrected chi connectivity index (χ3v) is 10.4. The second kappa shape index (κ2) is 14.3. The molecule has 0 saturated carbocycles. The lowest BCUT2D eigenvalue weighted by atomic mass is 9.37. The first kappa shape index (κ1) is 28.8. The van der Waals surface area contributed by atoms with Gasteiger partial charge < -0.3 is 4.57 Å². The summed E-state index contributed by atoms with van der Waals surface area (Å²) >= 11 is 0. The second-order valence-corrected chi connectivity index (χ2v) is 12.6. The Bertz CT molecular complexity index is 1500. The van der Waals surface area contributed by atoms with Crippen LogP contribution in [0.2, 0.25) is 0 Å². The molecule has 5 aromatic carbocycles. The van der Waals surface area contributed by atoms with Gasteiger partial charge in [-0.25, -0.2) is 4.98 Å². The summed E-state index contributed by atoms with van der Waals surface area (Å²) in [5.74, 6) is 0. The molecule has 0 amide bonds. The highest BCUT2D eigenvalue weighted by Crippen LogP contribution is 2.33.